The van der Waals surface area contributed by atoms with Crippen LogP contribution in [0.4, 0.5) is 0 Å². The summed E-state index contributed by atoms with van der Waals surface area (Å²) in [7, 11) is 2.20. The van der Waals surface area contributed by atoms with Crippen molar-refractivity contribution in [2.24, 2.45) is 0 Å². The zero-order chi connectivity index (χ0) is 19.1. The quantitative estimate of drug-likeness (QED) is 0.695. The van der Waals surface area contributed by atoms with E-state index in [0.717, 1.165) is 44.3 Å². The molecule has 3 rings (SSSR count). The molecule has 1 fully saturated rings. The molecule has 146 valence electrons. The van der Waals surface area contributed by atoms with Crippen LogP contribution in [-0.2, 0) is 6.42 Å². The molecule has 2 aromatic rings. The molecular formula is C21H30N4S2. The molecule has 0 bridgehead atoms. The summed E-state index contributed by atoms with van der Waals surface area (Å²) in [5.41, 5.74) is 1.33. The van der Waals surface area contributed by atoms with Crippen molar-refractivity contribution < 1.29 is 0 Å². The number of hydrogen-bond donors (Lipinski definition) is 2. The summed E-state index contributed by atoms with van der Waals surface area (Å²) in [4.78, 5) is 6.40. The maximum absolute atomic E-state index is 5.57. The highest BCUT2D eigenvalue weighted by molar-refractivity contribution is 7.80. The van der Waals surface area contributed by atoms with Gasteiger partial charge in [0, 0.05) is 43.6 Å². The number of thiophene rings is 1. The number of thiocarbonyl (C=S) groups is 1. The summed E-state index contributed by atoms with van der Waals surface area (Å²) in [5.74, 6) is 0. The Morgan fingerprint density at radius 2 is 1.85 bits per heavy atom. The number of rotatable bonds is 7. The number of benzene rings is 1. The monoisotopic (exact) mass is 402 g/mol. The molecule has 1 aliphatic rings. The molecule has 0 spiro atoms. The maximum Gasteiger partial charge on any atom is 0.166 e. The predicted molar refractivity (Wildman–Crippen MR) is 119 cm³/mol. The third-order valence-corrected chi connectivity index (χ3v) is 6.35. The third-order valence-electron chi connectivity index (χ3n) is 5.14. The van der Waals surface area contributed by atoms with E-state index in [1.165, 1.54) is 10.4 Å². The van der Waals surface area contributed by atoms with Gasteiger partial charge in [0.2, 0.25) is 0 Å². The van der Waals surface area contributed by atoms with E-state index in [-0.39, 0.29) is 6.04 Å². The minimum atomic E-state index is 0.254. The second-order valence-electron chi connectivity index (χ2n) is 7.22. The highest BCUT2D eigenvalue weighted by Gasteiger charge is 2.29. The largest absolute Gasteiger partial charge is 0.362 e. The Labute approximate surface area is 172 Å². The first-order valence-corrected chi connectivity index (χ1v) is 11.0. The standard InChI is InChI=1S/C21H30N4S2/c1-17(23-21(26)22-11-10-18-7-4-3-5-8-18)20(19-9-6-16-27-19)25-14-12-24(2)13-15-25/h3-9,16-17,20H,10-15H2,1-2H3,(H2,22,23,26)/t17-,20-/m1/s1. The molecule has 0 radical (unpaired) electrons. The molecule has 1 aromatic heterocycles. The fourth-order valence-electron chi connectivity index (χ4n) is 3.60. The molecule has 2 atom stereocenters. The van der Waals surface area contributed by atoms with Crippen LogP contribution in [0.5, 0.6) is 0 Å². The summed E-state index contributed by atoms with van der Waals surface area (Å²) >= 11 is 7.41. The summed E-state index contributed by atoms with van der Waals surface area (Å²) in [6.45, 7) is 7.52. The lowest BCUT2D eigenvalue weighted by Gasteiger charge is -2.40. The average Bonchev–Trinajstić information content (AvgIpc) is 3.18. The van der Waals surface area contributed by atoms with Crippen molar-refractivity contribution in [1.82, 2.24) is 20.4 Å². The molecule has 2 heterocycles. The Morgan fingerprint density at radius 3 is 2.52 bits per heavy atom. The summed E-state index contributed by atoms with van der Waals surface area (Å²) < 4.78 is 0. The lowest BCUT2D eigenvalue weighted by molar-refractivity contribution is 0.0988. The van der Waals surface area contributed by atoms with Gasteiger partial charge >= 0.3 is 0 Å². The first-order valence-electron chi connectivity index (χ1n) is 9.68. The van der Waals surface area contributed by atoms with Crippen LogP contribution in [0.2, 0.25) is 0 Å². The molecule has 0 unspecified atom stereocenters. The van der Waals surface area contributed by atoms with Crippen molar-refractivity contribution in [1.29, 1.82) is 0 Å². The van der Waals surface area contributed by atoms with Gasteiger partial charge in [-0.3, -0.25) is 4.90 Å². The van der Waals surface area contributed by atoms with E-state index >= 15 is 0 Å². The third kappa shape index (κ3) is 6.01. The van der Waals surface area contributed by atoms with Gasteiger partial charge in [-0.1, -0.05) is 36.4 Å². The van der Waals surface area contributed by atoms with E-state index in [4.69, 9.17) is 12.2 Å². The van der Waals surface area contributed by atoms with Crippen LogP contribution >= 0.6 is 23.6 Å². The maximum atomic E-state index is 5.57. The Hall–Kier alpha value is -1.47. The van der Waals surface area contributed by atoms with Gasteiger partial charge in [-0.2, -0.15) is 0 Å². The van der Waals surface area contributed by atoms with Crippen LogP contribution in [0.25, 0.3) is 0 Å². The van der Waals surface area contributed by atoms with E-state index in [0.29, 0.717) is 6.04 Å². The molecular weight excluding hydrogens is 372 g/mol. The lowest BCUT2D eigenvalue weighted by Crippen LogP contribution is -2.52. The van der Waals surface area contributed by atoms with E-state index in [1.807, 2.05) is 17.4 Å². The van der Waals surface area contributed by atoms with Gasteiger partial charge in [-0.25, -0.2) is 0 Å². The minimum absolute atomic E-state index is 0.254. The van der Waals surface area contributed by atoms with Crippen molar-refractivity contribution in [2.75, 3.05) is 39.8 Å². The topological polar surface area (TPSA) is 30.5 Å². The van der Waals surface area contributed by atoms with Gasteiger partial charge in [0.1, 0.15) is 0 Å². The second-order valence-corrected chi connectivity index (χ2v) is 8.61. The van der Waals surface area contributed by atoms with Gasteiger partial charge in [-0.15, -0.1) is 11.3 Å². The van der Waals surface area contributed by atoms with Crippen LogP contribution in [0.15, 0.2) is 47.8 Å². The number of nitrogens with one attached hydrogen (secondary N) is 2. The Bertz CT molecular complexity index is 681. The Kier molecular flexibility index (Phi) is 7.64. The van der Waals surface area contributed by atoms with Gasteiger partial charge in [0.25, 0.3) is 0 Å². The smallest absolute Gasteiger partial charge is 0.166 e. The molecule has 6 heteroatoms. The van der Waals surface area contributed by atoms with Gasteiger partial charge in [0.05, 0.1) is 6.04 Å². The van der Waals surface area contributed by atoms with Crippen molar-refractivity contribution in [2.45, 2.75) is 25.4 Å². The summed E-state index contributed by atoms with van der Waals surface area (Å²) in [6.07, 6.45) is 0.976. The van der Waals surface area contributed by atoms with E-state index < -0.39 is 0 Å². The van der Waals surface area contributed by atoms with Crippen molar-refractivity contribution in [3.8, 4) is 0 Å². The molecule has 0 aliphatic carbocycles. The highest BCUT2D eigenvalue weighted by Crippen LogP contribution is 2.29. The predicted octanol–water partition coefficient (Wildman–Crippen LogP) is 3.13. The Morgan fingerprint density at radius 1 is 1.11 bits per heavy atom. The van der Waals surface area contributed by atoms with Crippen LogP contribution in [0, 0.1) is 0 Å². The van der Waals surface area contributed by atoms with E-state index in [2.05, 4.69) is 76.2 Å². The Balaban J connectivity index is 1.54. The molecule has 0 saturated carbocycles. The van der Waals surface area contributed by atoms with Gasteiger partial charge in [0.15, 0.2) is 5.11 Å². The van der Waals surface area contributed by atoms with Crippen molar-refractivity contribution in [3.05, 3.63) is 58.3 Å². The molecule has 1 aromatic carbocycles. The zero-order valence-electron chi connectivity index (χ0n) is 16.2. The molecule has 27 heavy (non-hydrogen) atoms. The number of piperazine rings is 1. The lowest BCUT2D eigenvalue weighted by atomic mass is 10.1. The first-order chi connectivity index (χ1) is 13.1. The first kappa shape index (κ1) is 20.3. The van der Waals surface area contributed by atoms with Crippen LogP contribution in [-0.4, -0.2) is 60.7 Å². The van der Waals surface area contributed by atoms with E-state index in [9.17, 15) is 0 Å². The average molecular weight is 403 g/mol. The molecule has 2 N–H and O–H groups in total. The summed E-state index contributed by atoms with van der Waals surface area (Å²) in [5, 5.41) is 9.82. The number of hydrogen-bond acceptors (Lipinski definition) is 4. The van der Waals surface area contributed by atoms with Gasteiger partial charge in [-0.05, 0) is 49.6 Å². The zero-order valence-corrected chi connectivity index (χ0v) is 17.9. The number of likely N-dealkylation sites (N-methyl/N-ethyl adjacent to an activating group) is 1. The van der Waals surface area contributed by atoms with Gasteiger partial charge < -0.3 is 15.5 Å². The van der Waals surface area contributed by atoms with Crippen LogP contribution in [0.1, 0.15) is 23.4 Å². The molecule has 0 amide bonds. The van der Waals surface area contributed by atoms with Crippen molar-refractivity contribution in [3.63, 3.8) is 0 Å². The van der Waals surface area contributed by atoms with Crippen LogP contribution in [0.3, 0.4) is 0 Å². The molecule has 1 saturated heterocycles. The van der Waals surface area contributed by atoms with Crippen molar-refractivity contribution >= 4 is 28.7 Å². The number of nitrogens with zero attached hydrogens (tertiary/aromatic N) is 2. The highest BCUT2D eigenvalue weighted by atomic mass is 32.1. The fraction of sp³-hybridized carbons (Fsp3) is 0.476. The van der Waals surface area contributed by atoms with Crippen LogP contribution < -0.4 is 10.6 Å². The normalized spacial score (nSPS) is 18.0. The molecule has 1 aliphatic heterocycles. The summed E-state index contributed by atoms with van der Waals surface area (Å²) in [6, 6.07) is 15.5. The molecule has 4 nitrogen and oxygen atoms in total. The SMILES string of the molecule is C[C@@H](NC(=S)NCCc1ccccc1)[C@H](c1cccs1)N1CCN(C)CC1. The van der Waals surface area contributed by atoms with E-state index in [1.54, 1.807) is 0 Å². The fourth-order valence-corrected chi connectivity index (χ4v) is 4.86. The second kappa shape index (κ2) is 10.2. The minimum Gasteiger partial charge on any atom is -0.362 e.